The topological polar surface area (TPSA) is 0 Å². The van der Waals surface area contributed by atoms with E-state index in [0.717, 1.165) is 12.8 Å². The maximum atomic E-state index is 12.2. The van der Waals surface area contributed by atoms with E-state index in [0.29, 0.717) is 11.8 Å². The Labute approximate surface area is 152 Å². The Kier molecular flexibility index (Phi) is 9.21. The summed E-state index contributed by atoms with van der Waals surface area (Å²) < 4.78 is 24.4. The van der Waals surface area contributed by atoms with Crippen molar-refractivity contribution in [3.05, 3.63) is 47.5 Å². The first-order valence-corrected chi connectivity index (χ1v) is 10.2. The van der Waals surface area contributed by atoms with E-state index in [2.05, 4.69) is 31.2 Å². The van der Waals surface area contributed by atoms with Crippen LogP contribution < -0.4 is 0 Å². The molecule has 2 rings (SSSR count). The first-order valence-electron chi connectivity index (χ1n) is 10.2. The maximum absolute atomic E-state index is 12.2. The Hall–Kier alpha value is -1.18. The summed E-state index contributed by atoms with van der Waals surface area (Å²) in [6, 6.07) is 9.26. The van der Waals surface area contributed by atoms with Crippen molar-refractivity contribution in [3.8, 4) is 0 Å². The summed E-state index contributed by atoms with van der Waals surface area (Å²) in [6.07, 6.45) is 13.9. The number of unbranched alkanes of at least 4 members (excludes halogenated alkanes) is 4. The molecule has 0 N–H and O–H groups in total. The van der Waals surface area contributed by atoms with Gasteiger partial charge in [-0.25, -0.2) is 8.78 Å². The van der Waals surface area contributed by atoms with Crippen LogP contribution in [0.1, 0.15) is 88.2 Å². The van der Waals surface area contributed by atoms with E-state index in [4.69, 9.17) is 0 Å². The second kappa shape index (κ2) is 11.4. The molecule has 1 aromatic carbocycles. The highest BCUT2D eigenvalue weighted by Gasteiger charge is 2.20. The van der Waals surface area contributed by atoms with Gasteiger partial charge in [0.1, 0.15) is 0 Å². The number of hydrogen-bond donors (Lipinski definition) is 0. The molecule has 0 aliphatic heterocycles. The lowest BCUT2D eigenvalue weighted by molar-refractivity contribution is 0.152. The number of rotatable bonds is 10. The Morgan fingerprint density at radius 3 is 2.28 bits per heavy atom. The Morgan fingerprint density at radius 2 is 1.64 bits per heavy atom. The summed E-state index contributed by atoms with van der Waals surface area (Å²) in [5.74, 6) is 1.15. The van der Waals surface area contributed by atoms with Gasteiger partial charge < -0.3 is 0 Å². The highest BCUT2D eigenvalue weighted by atomic mass is 19.3. The molecule has 25 heavy (non-hydrogen) atoms. The number of alkyl halides is 2. The largest absolute Gasteiger partial charge is 0.242 e. The Morgan fingerprint density at radius 1 is 0.960 bits per heavy atom. The lowest BCUT2D eigenvalue weighted by Gasteiger charge is -2.27. The Balaban J connectivity index is 1.71. The summed E-state index contributed by atoms with van der Waals surface area (Å²) in [7, 11) is 0. The molecule has 1 aliphatic rings. The first-order chi connectivity index (χ1) is 12.2. The van der Waals surface area contributed by atoms with Gasteiger partial charge in [-0.2, -0.15) is 0 Å². The molecule has 0 heterocycles. The summed E-state index contributed by atoms with van der Waals surface area (Å²) in [4.78, 5) is 0. The number of benzene rings is 1. The van der Waals surface area contributed by atoms with E-state index < -0.39 is 6.43 Å². The fourth-order valence-electron chi connectivity index (χ4n) is 3.91. The second-order valence-corrected chi connectivity index (χ2v) is 7.57. The highest BCUT2D eigenvalue weighted by Crippen LogP contribution is 2.36. The van der Waals surface area contributed by atoms with Gasteiger partial charge in [0.05, 0.1) is 0 Å². The van der Waals surface area contributed by atoms with E-state index in [1.807, 2.05) is 6.08 Å². The van der Waals surface area contributed by atoms with E-state index >= 15 is 0 Å². The summed E-state index contributed by atoms with van der Waals surface area (Å²) in [5, 5.41) is 0. The predicted molar refractivity (Wildman–Crippen MR) is 103 cm³/mol. The van der Waals surface area contributed by atoms with Gasteiger partial charge in [-0.1, -0.05) is 69.0 Å². The van der Waals surface area contributed by atoms with Crippen molar-refractivity contribution in [1.82, 2.24) is 0 Å². The lowest BCUT2D eigenvalue weighted by atomic mass is 9.78. The molecule has 0 bridgehead atoms. The quantitative estimate of drug-likeness (QED) is 0.300. The van der Waals surface area contributed by atoms with Gasteiger partial charge >= 0.3 is 0 Å². The van der Waals surface area contributed by atoms with Crippen LogP contribution in [0, 0.1) is 5.92 Å². The van der Waals surface area contributed by atoms with Gasteiger partial charge in [-0.05, 0) is 61.5 Å². The van der Waals surface area contributed by atoms with E-state index in [9.17, 15) is 8.78 Å². The zero-order valence-electron chi connectivity index (χ0n) is 15.7. The van der Waals surface area contributed by atoms with E-state index in [-0.39, 0.29) is 6.42 Å². The van der Waals surface area contributed by atoms with E-state index in [1.165, 1.54) is 62.5 Å². The SMILES string of the molecule is CCCCCCCc1ccc(C2CCC(/C=C/CC(F)F)CC2)cc1. The summed E-state index contributed by atoms with van der Waals surface area (Å²) in [6.45, 7) is 2.26. The van der Waals surface area contributed by atoms with Crippen LogP contribution in [-0.2, 0) is 6.42 Å². The molecule has 0 amide bonds. The van der Waals surface area contributed by atoms with Gasteiger partial charge in [0, 0.05) is 6.42 Å². The standard InChI is InChI=1S/C23H34F2/c1-2-3-4-5-6-8-19-11-15-21(16-12-19)22-17-13-20(14-18-22)9-7-10-23(24)25/h7,9,11-12,15-16,20,22-23H,2-6,8,10,13-14,17-18H2,1H3/b9-7+. The molecule has 140 valence electrons. The van der Waals surface area contributed by atoms with E-state index in [1.54, 1.807) is 6.08 Å². The molecular formula is C23H34F2. The number of allylic oxidation sites excluding steroid dienone is 2. The molecule has 0 radical (unpaired) electrons. The molecule has 0 spiro atoms. The molecule has 0 unspecified atom stereocenters. The van der Waals surface area contributed by atoms with Crippen molar-refractivity contribution in [3.63, 3.8) is 0 Å². The number of halogens is 2. The van der Waals surface area contributed by atoms with Crippen LogP contribution >= 0.6 is 0 Å². The molecule has 2 heteroatoms. The third kappa shape index (κ3) is 7.71. The molecule has 1 aromatic rings. The van der Waals surface area contributed by atoms with Crippen LogP contribution in [0.2, 0.25) is 0 Å². The van der Waals surface area contributed by atoms with Gasteiger partial charge in [0.25, 0.3) is 0 Å². The second-order valence-electron chi connectivity index (χ2n) is 7.57. The van der Waals surface area contributed by atoms with Crippen molar-refractivity contribution in [1.29, 1.82) is 0 Å². The zero-order chi connectivity index (χ0) is 17.9. The normalized spacial score (nSPS) is 21.3. The molecule has 0 nitrogen and oxygen atoms in total. The average Bonchev–Trinajstić information content (AvgIpc) is 2.62. The smallest absolute Gasteiger partial charge is 0.210 e. The highest BCUT2D eigenvalue weighted by molar-refractivity contribution is 5.26. The summed E-state index contributed by atoms with van der Waals surface area (Å²) >= 11 is 0. The fraction of sp³-hybridized carbons (Fsp3) is 0.652. The number of hydrogen-bond acceptors (Lipinski definition) is 0. The monoisotopic (exact) mass is 348 g/mol. The van der Waals surface area contributed by atoms with Gasteiger partial charge in [0.2, 0.25) is 6.43 Å². The third-order valence-electron chi connectivity index (χ3n) is 5.51. The van der Waals surface area contributed by atoms with Gasteiger partial charge in [0.15, 0.2) is 0 Å². The van der Waals surface area contributed by atoms with Crippen molar-refractivity contribution < 1.29 is 8.78 Å². The van der Waals surface area contributed by atoms with Crippen molar-refractivity contribution in [2.75, 3.05) is 0 Å². The minimum Gasteiger partial charge on any atom is -0.210 e. The van der Waals surface area contributed by atoms with Crippen LogP contribution in [0.3, 0.4) is 0 Å². The molecular weight excluding hydrogens is 314 g/mol. The summed E-state index contributed by atoms with van der Waals surface area (Å²) in [5.41, 5.74) is 2.92. The third-order valence-corrected chi connectivity index (χ3v) is 5.51. The molecule has 0 atom stereocenters. The maximum Gasteiger partial charge on any atom is 0.242 e. The van der Waals surface area contributed by atoms with Crippen molar-refractivity contribution in [2.24, 2.45) is 5.92 Å². The minimum absolute atomic E-state index is 0.0974. The van der Waals surface area contributed by atoms with Gasteiger partial charge in [-0.15, -0.1) is 0 Å². The minimum atomic E-state index is -2.21. The molecule has 1 aliphatic carbocycles. The number of aryl methyl sites for hydroxylation is 1. The lowest BCUT2D eigenvalue weighted by Crippen LogP contribution is -2.11. The molecule has 1 saturated carbocycles. The van der Waals surface area contributed by atoms with Crippen LogP contribution in [0.25, 0.3) is 0 Å². The van der Waals surface area contributed by atoms with Crippen molar-refractivity contribution >= 4 is 0 Å². The predicted octanol–water partition coefficient (Wildman–Crippen LogP) is 7.68. The van der Waals surface area contributed by atoms with Crippen LogP contribution in [0.15, 0.2) is 36.4 Å². The molecule has 1 fully saturated rings. The molecule has 0 aromatic heterocycles. The fourth-order valence-corrected chi connectivity index (χ4v) is 3.91. The zero-order valence-corrected chi connectivity index (χ0v) is 15.7. The first kappa shape index (κ1) is 20.1. The molecule has 0 saturated heterocycles. The van der Waals surface area contributed by atoms with Crippen LogP contribution in [0.4, 0.5) is 8.78 Å². The Bertz CT molecular complexity index is 481. The van der Waals surface area contributed by atoms with Crippen LogP contribution in [-0.4, -0.2) is 6.43 Å². The van der Waals surface area contributed by atoms with Crippen molar-refractivity contribution in [2.45, 2.75) is 89.9 Å². The van der Waals surface area contributed by atoms with Gasteiger partial charge in [-0.3, -0.25) is 0 Å². The van der Waals surface area contributed by atoms with Crippen LogP contribution in [0.5, 0.6) is 0 Å². The average molecular weight is 349 g/mol.